The summed E-state index contributed by atoms with van der Waals surface area (Å²) in [6, 6.07) is 13.6. The Morgan fingerprint density at radius 2 is 1.36 bits per heavy atom. The van der Waals surface area contributed by atoms with Gasteiger partial charge in [-0.25, -0.2) is 0 Å². The number of nitrogens with zero attached hydrogens (tertiary/aromatic N) is 1. The molecule has 0 bridgehead atoms. The molecule has 0 spiro atoms. The largest absolute Gasteiger partial charge is 0.507 e. The first kappa shape index (κ1) is 31.4. The minimum atomic E-state index is -0.641. The van der Waals surface area contributed by atoms with Crippen LogP contribution in [-0.2, 0) is 9.59 Å². The normalized spacial score (nSPS) is 16.8. The Morgan fingerprint density at radius 3 is 1.90 bits per heavy atom. The second-order valence-corrected chi connectivity index (χ2v) is 12.0. The maximum absolute atomic E-state index is 13.2. The molecule has 3 rings (SSSR count). The molecule has 1 N–H and O–H groups in total. The molecule has 1 aliphatic heterocycles. The molecule has 0 radical (unpaired) electrons. The van der Waals surface area contributed by atoms with Crippen molar-refractivity contribution >= 4 is 45.0 Å². The molecule has 1 aliphatic rings. The highest BCUT2D eigenvalue weighted by molar-refractivity contribution is 9.10. The molecule has 2 aromatic rings. The highest BCUT2D eigenvalue weighted by Gasteiger charge is 2.45. The van der Waals surface area contributed by atoms with Gasteiger partial charge in [0, 0.05) is 21.6 Å². The van der Waals surface area contributed by atoms with Gasteiger partial charge in [0.1, 0.15) is 5.76 Å². The van der Waals surface area contributed by atoms with Crippen LogP contribution in [0.1, 0.15) is 114 Å². The Hall–Kier alpha value is -2.11. The fourth-order valence-electron chi connectivity index (χ4n) is 5.37. The summed E-state index contributed by atoms with van der Waals surface area (Å²) >= 11 is 9.53. The summed E-state index contributed by atoms with van der Waals surface area (Å²) in [7, 11) is 0. The van der Waals surface area contributed by atoms with Crippen LogP contribution >= 0.6 is 27.5 Å². The van der Waals surface area contributed by atoms with Crippen LogP contribution in [0.25, 0.3) is 5.76 Å². The predicted molar refractivity (Wildman–Crippen MR) is 165 cm³/mol. The van der Waals surface area contributed by atoms with E-state index in [1.807, 2.05) is 18.2 Å². The number of Topliss-reactive ketones (excluding diaryl/α,β-unsaturated/α-hetero) is 1. The van der Waals surface area contributed by atoms with E-state index in [1.54, 1.807) is 35.2 Å². The van der Waals surface area contributed by atoms with Gasteiger partial charge >= 0.3 is 0 Å². The van der Waals surface area contributed by atoms with Gasteiger partial charge in [-0.2, -0.15) is 0 Å². The summed E-state index contributed by atoms with van der Waals surface area (Å²) in [4.78, 5) is 27.9. The number of hydrogen-bond acceptors (Lipinski definition) is 3. The number of hydrogen-bond donors (Lipinski definition) is 1. The number of aliphatic hydroxyl groups is 1. The maximum Gasteiger partial charge on any atom is 0.295 e. The quantitative estimate of drug-likeness (QED) is 0.0833. The second-order valence-electron chi connectivity index (χ2n) is 10.7. The third kappa shape index (κ3) is 9.49. The monoisotopic (exact) mass is 615 g/mol. The topological polar surface area (TPSA) is 57.6 Å². The van der Waals surface area contributed by atoms with Crippen molar-refractivity contribution in [3.8, 4) is 0 Å². The van der Waals surface area contributed by atoms with Gasteiger partial charge in [0.15, 0.2) is 0 Å². The molecule has 0 saturated carbocycles. The Bertz CT molecular complexity index is 1100. The van der Waals surface area contributed by atoms with Crippen molar-refractivity contribution in [2.24, 2.45) is 0 Å². The van der Waals surface area contributed by atoms with E-state index in [1.165, 1.54) is 70.6 Å². The molecule has 39 heavy (non-hydrogen) atoms. The molecule has 1 heterocycles. The fourth-order valence-corrected chi connectivity index (χ4v) is 5.90. The number of unbranched alkanes of at least 4 members (excludes halogenated alkanes) is 13. The molecule has 4 nitrogen and oxygen atoms in total. The number of carbonyl (C=O) groups excluding carboxylic acids is 2. The molecular weight excluding hydrogens is 574 g/mol. The maximum atomic E-state index is 13.2. The molecule has 1 saturated heterocycles. The lowest BCUT2D eigenvalue weighted by Gasteiger charge is -2.25. The van der Waals surface area contributed by atoms with E-state index >= 15 is 0 Å². The van der Waals surface area contributed by atoms with E-state index in [4.69, 9.17) is 11.6 Å². The fraction of sp³-hybridized carbons (Fsp3) is 0.515. The molecule has 2 aromatic carbocycles. The predicted octanol–water partition coefficient (Wildman–Crippen LogP) is 10.0. The van der Waals surface area contributed by atoms with Gasteiger partial charge in [0.2, 0.25) is 0 Å². The van der Waals surface area contributed by atoms with Gasteiger partial charge in [-0.1, -0.05) is 142 Å². The summed E-state index contributed by atoms with van der Waals surface area (Å²) in [5.74, 6) is -1.35. The molecule has 1 unspecified atom stereocenters. The molecular formula is C33H43BrClNO3. The lowest BCUT2D eigenvalue weighted by atomic mass is 9.95. The van der Waals surface area contributed by atoms with E-state index in [0.717, 1.165) is 29.3 Å². The van der Waals surface area contributed by atoms with E-state index in [-0.39, 0.29) is 11.3 Å². The summed E-state index contributed by atoms with van der Waals surface area (Å²) in [6.07, 6.45) is 17.6. The van der Waals surface area contributed by atoms with E-state index < -0.39 is 17.7 Å². The first-order chi connectivity index (χ1) is 18.9. The van der Waals surface area contributed by atoms with Crippen LogP contribution in [0.15, 0.2) is 58.6 Å². The Labute approximate surface area is 248 Å². The van der Waals surface area contributed by atoms with Crippen molar-refractivity contribution in [1.29, 1.82) is 0 Å². The van der Waals surface area contributed by atoms with Gasteiger partial charge in [0.05, 0.1) is 11.6 Å². The van der Waals surface area contributed by atoms with Crippen molar-refractivity contribution < 1.29 is 14.7 Å². The highest BCUT2D eigenvalue weighted by Crippen LogP contribution is 2.40. The molecule has 0 aliphatic carbocycles. The lowest BCUT2D eigenvalue weighted by molar-refractivity contribution is -0.139. The Morgan fingerprint density at radius 1 is 0.821 bits per heavy atom. The van der Waals surface area contributed by atoms with Crippen molar-refractivity contribution in [3.05, 3.63) is 74.7 Å². The van der Waals surface area contributed by atoms with Crippen LogP contribution in [0.3, 0.4) is 0 Å². The molecule has 6 heteroatoms. The van der Waals surface area contributed by atoms with Gasteiger partial charge < -0.3 is 10.0 Å². The van der Waals surface area contributed by atoms with Crippen LogP contribution in [0.5, 0.6) is 0 Å². The minimum absolute atomic E-state index is 0.130. The molecule has 212 valence electrons. The van der Waals surface area contributed by atoms with Crippen molar-refractivity contribution in [1.82, 2.24) is 4.90 Å². The Balaban J connectivity index is 1.53. The van der Waals surface area contributed by atoms with E-state index in [0.29, 0.717) is 17.1 Å². The lowest BCUT2D eigenvalue weighted by Crippen LogP contribution is -2.30. The first-order valence-electron chi connectivity index (χ1n) is 14.7. The number of aliphatic hydroxyl groups excluding tert-OH is 1. The summed E-state index contributed by atoms with van der Waals surface area (Å²) in [5.41, 5.74) is 1.39. The summed E-state index contributed by atoms with van der Waals surface area (Å²) in [6.45, 7) is 2.74. The number of carbonyl (C=O) groups is 2. The summed E-state index contributed by atoms with van der Waals surface area (Å²) in [5, 5.41) is 11.7. The number of amides is 1. The number of ketones is 1. The molecule has 1 amide bonds. The van der Waals surface area contributed by atoms with E-state index in [2.05, 4.69) is 22.9 Å². The zero-order valence-electron chi connectivity index (χ0n) is 23.3. The van der Waals surface area contributed by atoms with Gasteiger partial charge in [-0.05, 0) is 36.2 Å². The van der Waals surface area contributed by atoms with Crippen LogP contribution in [0, 0.1) is 0 Å². The average molecular weight is 617 g/mol. The first-order valence-corrected chi connectivity index (χ1v) is 15.9. The van der Waals surface area contributed by atoms with Crippen molar-refractivity contribution in [2.75, 3.05) is 6.54 Å². The van der Waals surface area contributed by atoms with Crippen LogP contribution in [-0.4, -0.2) is 28.2 Å². The van der Waals surface area contributed by atoms with Crippen LogP contribution in [0.2, 0.25) is 5.02 Å². The third-order valence-electron chi connectivity index (χ3n) is 7.58. The standard InChI is InChI=1S/C33H43BrClNO3/c1-2-3-4-5-6-7-8-9-10-11-12-13-14-15-23-36-30(25-19-21-28(35)22-20-25)29(32(38)33(36)39)31(37)26-17-16-18-27(34)24-26/h16-22,24,30,37H,2-15,23H2,1H3/b31-29-. The second kappa shape index (κ2) is 16.9. The van der Waals surface area contributed by atoms with Gasteiger partial charge in [0.25, 0.3) is 11.7 Å². The van der Waals surface area contributed by atoms with E-state index in [9.17, 15) is 14.7 Å². The third-order valence-corrected chi connectivity index (χ3v) is 8.32. The van der Waals surface area contributed by atoms with Crippen molar-refractivity contribution in [3.63, 3.8) is 0 Å². The number of benzene rings is 2. The van der Waals surface area contributed by atoms with Crippen molar-refractivity contribution in [2.45, 2.75) is 103 Å². The summed E-state index contributed by atoms with van der Waals surface area (Å²) < 4.78 is 0.784. The zero-order chi connectivity index (χ0) is 28.0. The van der Waals surface area contributed by atoms with Gasteiger partial charge in [-0.15, -0.1) is 0 Å². The smallest absolute Gasteiger partial charge is 0.295 e. The molecule has 0 aromatic heterocycles. The number of likely N-dealkylation sites (tertiary alicyclic amines) is 1. The number of halogens is 2. The highest BCUT2D eigenvalue weighted by atomic mass is 79.9. The molecule has 1 fully saturated rings. The zero-order valence-corrected chi connectivity index (χ0v) is 25.6. The minimum Gasteiger partial charge on any atom is -0.507 e. The van der Waals surface area contributed by atoms with Gasteiger partial charge in [-0.3, -0.25) is 9.59 Å². The molecule has 1 atom stereocenters. The SMILES string of the molecule is CCCCCCCCCCCCCCCCN1C(=O)C(=O)/C(=C(\O)c2cccc(Br)c2)C1c1ccc(Cl)cc1. The van der Waals surface area contributed by atoms with Crippen LogP contribution < -0.4 is 0 Å². The van der Waals surface area contributed by atoms with Crippen LogP contribution in [0.4, 0.5) is 0 Å². The number of rotatable bonds is 17. The average Bonchev–Trinajstić information content (AvgIpc) is 3.18. The Kier molecular flexibility index (Phi) is 13.6.